The van der Waals surface area contributed by atoms with Crippen molar-refractivity contribution in [2.75, 3.05) is 6.54 Å². The van der Waals surface area contributed by atoms with Gasteiger partial charge in [0.05, 0.1) is 21.4 Å². The average Bonchev–Trinajstić information content (AvgIpc) is 2.41. The zero-order chi connectivity index (χ0) is 17.9. The molecule has 23 heavy (non-hydrogen) atoms. The van der Waals surface area contributed by atoms with E-state index in [0.717, 1.165) is 5.69 Å². The molecule has 0 aliphatic rings. The molecule has 1 aromatic heterocycles. The molecular weight excluding hydrogens is 324 g/mol. The van der Waals surface area contributed by atoms with Crippen LogP contribution in [0.15, 0.2) is 24.4 Å². The van der Waals surface area contributed by atoms with E-state index < -0.39 is 19.3 Å². The zero-order valence-corrected chi connectivity index (χ0v) is 17.6. The number of aromatic nitrogens is 1. The van der Waals surface area contributed by atoms with Gasteiger partial charge in [0, 0.05) is 12.7 Å². The summed E-state index contributed by atoms with van der Waals surface area (Å²) >= 11 is 0. The first-order valence-electron chi connectivity index (χ1n) is 8.09. The van der Waals surface area contributed by atoms with E-state index in [1.165, 1.54) is 0 Å². The van der Waals surface area contributed by atoms with Crippen LogP contribution in [-0.4, -0.2) is 28.8 Å². The second kappa shape index (κ2) is 7.55. The van der Waals surface area contributed by atoms with Gasteiger partial charge in [-0.15, -0.1) is 0 Å². The lowest BCUT2D eigenvalue weighted by Gasteiger charge is -2.39. The number of nitrogens with zero attached hydrogens (tertiary/aromatic N) is 1. The Kier molecular flexibility index (Phi) is 6.72. The van der Waals surface area contributed by atoms with Gasteiger partial charge in [0.15, 0.2) is 8.32 Å². The molecule has 1 heterocycles. The second-order valence-corrected chi connectivity index (χ2v) is 15.2. The van der Waals surface area contributed by atoms with Gasteiger partial charge in [0.25, 0.3) is 0 Å². The molecule has 6 heteroatoms. The lowest BCUT2D eigenvalue weighted by molar-refractivity contribution is 0.183. The second-order valence-electron chi connectivity index (χ2n) is 8.35. The van der Waals surface area contributed by atoms with Crippen molar-refractivity contribution in [1.29, 1.82) is 0 Å². The monoisotopic (exact) mass is 356 g/mol. The third kappa shape index (κ3) is 6.10. The third-order valence-corrected chi connectivity index (χ3v) is 10.2. The molecule has 0 saturated carbocycles. The Balaban J connectivity index is 2.94. The topological polar surface area (TPSA) is 51.2 Å². The van der Waals surface area contributed by atoms with Crippen molar-refractivity contribution in [2.45, 2.75) is 70.5 Å². The first kappa shape index (κ1) is 20.5. The van der Waals surface area contributed by atoms with Crippen LogP contribution in [0.1, 0.15) is 53.3 Å². The predicted molar refractivity (Wildman–Crippen MR) is 101 cm³/mol. The molecule has 4 nitrogen and oxygen atoms in total. The van der Waals surface area contributed by atoms with Crippen molar-refractivity contribution in [3.63, 3.8) is 0 Å². The maximum Gasteiger partial charge on any atom is 0.193 e. The van der Waals surface area contributed by atoms with Crippen LogP contribution >= 0.6 is 0 Å². The lowest BCUT2D eigenvalue weighted by atomic mass is 10.2. The molecule has 1 rings (SSSR count). The summed E-state index contributed by atoms with van der Waals surface area (Å²) in [5, 5.41) is 0.114. The molecule has 0 fully saturated rings. The smallest absolute Gasteiger partial charge is 0.193 e. The minimum atomic E-state index is -1.95. The minimum absolute atomic E-state index is 0.114. The zero-order valence-electron chi connectivity index (χ0n) is 15.8. The summed E-state index contributed by atoms with van der Waals surface area (Å²) in [5.41, 5.74) is 0.885. The fraction of sp³-hybridized carbons (Fsp3) is 0.706. The van der Waals surface area contributed by atoms with E-state index in [9.17, 15) is 4.21 Å². The van der Waals surface area contributed by atoms with Gasteiger partial charge in [-0.1, -0.05) is 26.8 Å². The standard InChI is InChI=1S/C17H32N2O2SSi/c1-16(2,3)22(20)19-13-15(14-11-9-10-12-18-14)21-23(7,8)17(4,5)6/h9-12,15,19H,13H2,1-8H3/t15-,22?/m0/s1. The molecule has 1 unspecified atom stereocenters. The van der Waals surface area contributed by atoms with Gasteiger partial charge < -0.3 is 4.43 Å². The highest BCUT2D eigenvalue weighted by atomic mass is 32.2. The molecule has 0 bridgehead atoms. The SMILES string of the molecule is CC(C)(C)S(=O)NC[C@H](O[Si](C)(C)C(C)(C)C)c1ccccn1. The fourth-order valence-electron chi connectivity index (χ4n) is 1.67. The van der Waals surface area contributed by atoms with Crippen molar-refractivity contribution in [1.82, 2.24) is 9.71 Å². The van der Waals surface area contributed by atoms with E-state index in [1.54, 1.807) is 6.20 Å². The molecule has 0 aliphatic heterocycles. The van der Waals surface area contributed by atoms with Gasteiger partial charge in [-0.2, -0.15) is 0 Å². The molecule has 132 valence electrons. The summed E-state index contributed by atoms with van der Waals surface area (Å²) < 4.78 is 21.7. The van der Waals surface area contributed by atoms with Crippen molar-refractivity contribution < 1.29 is 8.63 Å². The van der Waals surface area contributed by atoms with Gasteiger partial charge >= 0.3 is 0 Å². The summed E-state index contributed by atoms with van der Waals surface area (Å²) in [6, 6.07) is 5.83. The largest absolute Gasteiger partial charge is 0.407 e. The van der Waals surface area contributed by atoms with Crippen LogP contribution in [-0.2, 0) is 15.4 Å². The van der Waals surface area contributed by atoms with Gasteiger partial charge in [-0.25, -0.2) is 8.93 Å². The lowest BCUT2D eigenvalue weighted by Crippen LogP contribution is -2.44. The average molecular weight is 357 g/mol. The van der Waals surface area contributed by atoms with E-state index in [1.807, 2.05) is 39.0 Å². The maximum absolute atomic E-state index is 12.3. The van der Waals surface area contributed by atoms with Gasteiger partial charge in [-0.3, -0.25) is 4.98 Å². The number of rotatable bonds is 6. The summed E-state index contributed by atoms with van der Waals surface area (Å²) in [7, 11) is -3.07. The molecule has 0 aromatic carbocycles. The normalized spacial score (nSPS) is 16.2. The quantitative estimate of drug-likeness (QED) is 0.777. The number of hydrogen-bond acceptors (Lipinski definition) is 3. The Hall–Kier alpha value is -0.563. The highest BCUT2D eigenvalue weighted by molar-refractivity contribution is 7.84. The van der Waals surface area contributed by atoms with Crippen molar-refractivity contribution in [3.05, 3.63) is 30.1 Å². The van der Waals surface area contributed by atoms with E-state index in [0.29, 0.717) is 6.54 Å². The molecule has 2 atom stereocenters. The Morgan fingerprint density at radius 1 is 1.22 bits per heavy atom. The van der Waals surface area contributed by atoms with Crippen molar-refractivity contribution in [2.24, 2.45) is 0 Å². The molecule has 0 radical (unpaired) electrons. The molecule has 1 N–H and O–H groups in total. The van der Waals surface area contributed by atoms with E-state index >= 15 is 0 Å². The number of pyridine rings is 1. The first-order chi connectivity index (χ1) is 10.3. The van der Waals surface area contributed by atoms with Crippen LogP contribution < -0.4 is 4.72 Å². The number of nitrogens with one attached hydrogen (secondary N) is 1. The van der Waals surface area contributed by atoms with Crippen LogP contribution in [0.25, 0.3) is 0 Å². The highest BCUT2D eigenvalue weighted by Crippen LogP contribution is 2.39. The van der Waals surface area contributed by atoms with Gasteiger partial charge in [0.2, 0.25) is 0 Å². The van der Waals surface area contributed by atoms with Crippen molar-refractivity contribution in [3.8, 4) is 0 Å². The summed E-state index contributed by atoms with van der Waals surface area (Å²) in [4.78, 5) is 4.44. The molecule has 0 amide bonds. The van der Waals surface area contributed by atoms with Crippen LogP contribution in [0.5, 0.6) is 0 Å². The Morgan fingerprint density at radius 2 is 1.83 bits per heavy atom. The highest BCUT2D eigenvalue weighted by Gasteiger charge is 2.39. The van der Waals surface area contributed by atoms with E-state index in [-0.39, 0.29) is 15.9 Å². The minimum Gasteiger partial charge on any atom is -0.407 e. The van der Waals surface area contributed by atoms with Gasteiger partial charge in [-0.05, 0) is 51.0 Å². The Labute approximate surface area is 145 Å². The number of hydrogen-bond donors (Lipinski definition) is 1. The molecule has 0 saturated heterocycles. The predicted octanol–water partition coefficient (Wildman–Crippen LogP) is 4.20. The van der Waals surface area contributed by atoms with Crippen LogP contribution in [0, 0.1) is 0 Å². The van der Waals surface area contributed by atoms with Crippen LogP contribution in [0.4, 0.5) is 0 Å². The molecule has 0 aliphatic carbocycles. The fourth-order valence-corrected chi connectivity index (χ4v) is 3.68. The van der Waals surface area contributed by atoms with E-state index in [4.69, 9.17) is 4.43 Å². The molecule has 0 spiro atoms. The molecular formula is C17H32N2O2SSi. The summed E-state index contributed by atoms with van der Waals surface area (Å²) in [5.74, 6) is 0. The third-order valence-electron chi connectivity index (χ3n) is 4.22. The summed E-state index contributed by atoms with van der Waals surface area (Å²) in [6.45, 7) is 17.5. The van der Waals surface area contributed by atoms with Crippen molar-refractivity contribution >= 4 is 19.3 Å². The Morgan fingerprint density at radius 3 is 2.26 bits per heavy atom. The Bertz CT molecular complexity index is 522. The van der Waals surface area contributed by atoms with Crippen LogP contribution in [0.2, 0.25) is 18.1 Å². The first-order valence-corrected chi connectivity index (χ1v) is 12.1. The van der Waals surface area contributed by atoms with E-state index in [2.05, 4.69) is 43.6 Å². The van der Waals surface area contributed by atoms with Gasteiger partial charge in [0.1, 0.15) is 6.10 Å². The maximum atomic E-state index is 12.3. The van der Waals surface area contributed by atoms with Crippen LogP contribution in [0.3, 0.4) is 0 Å². The summed E-state index contributed by atoms with van der Waals surface area (Å²) in [6.07, 6.45) is 1.58. The molecule has 1 aromatic rings.